The fourth-order valence-electron chi connectivity index (χ4n) is 1.86. The van der Waals surface area contributed by atoms with Crippen LogP contribution in [0.25, 0.3) is 0 Å². The lowest BCUT2D eigenvalue weighted by Gasteiger charge is -2.15. The molecule has 0 saturated carbocycles. The zero-order chi connectivity index (χ0) is 16.9. The monoisotopic (exact) mass is 318 g/mol. The fourth-order valence-corrected chi connectivity index (χ4v) is 1.86. The molecule has 1 rings (SSSR count). The lowest BCUT2D eigenvalue weighted by molar-refractivity contribution is -0.141. The largest absolute Gasteiger partial charge is 0.480 e. The van der Waals surface area contributed by atoms with Crippen LogP contribution in [0.1, 0.15) is 47.9 Å². The number of carboxylic acids is 1. The van der Waals surface area contributed by atoms with E-state index in [1.54, 1.807) is 0 Å². The van der Waals surface area contributed by atoms with Crippen molar-refractivity contribution in [2.45, 2.75) is 45.3 Å². The molecule has 8 heteroatoms. The minimum Gasteiger partial charge on any atom is -0.480 e. The summed E-state index contributed by atoms with van der Waals surface area (Å²) in [6, 6.07) is 0.623. The summed E-state index contributed by atoms with van der Waals surface area (Å²) in [5.74, 6) is -1.93. The van der Waals surface area contributed by atoms with E-state index in [2.05, 4.69) is 10.3 Å². The second-order valence-electron chi connectivity index (χ2n) is 4.83. The van der Waals surface area contributed by atoms with E-state index in [0.29, 0.717) is 12.5 Å². The number of hydrogen-bond donors (Lipinski definition) is 2. The van der Waals surface area contributed by atoms with Gasteiger partial charge in [0, 0.05) is 0 Å². The number of aliphatic carboxylic acids is 1. The van der Waals surface area contributed by atoms with Gasteiger partial charge in [0.2, 0.25) is 0 Å². The summed E-state index contributed by atoms with van der Waals surface area (Å²) in [5.41, 5.74) is -1.27. The summed E-state index contributed by atoms with van der Waals surface area (Å²) in [4.78, 5) is 26.4. The quantitative estimate of drug-likeness (QED) is 0.845. The van der Waals surface area contributed by atoms with Crippen molar-refractivity contribution in [3.05, 3.63) is 29.1 Å². The first-order chi connectivity index (χ1) is 10.2. The molecule has 1 amide bonds. The van der Waals surface area contributed by atoms with Gasteiger partial charge in [-0.15, -0.1) is 0 Å². The van der Waals surface area contributed by atoms with Crippen LogP contribution in [0.2, 0.25) is 0 Å². The molecule has 1 aromatic heterocycles. The highest BCUT2D eigenvalue weighted by Gasteiger charge is 2.33. The highest BCUT2D eigenvalue weighted by atomic mass is 19.4. The Balaban J connectivity index is 2.91. The summed E-state index contributed by atoms with van der Waals surface area (Å²) in [6.45, 7) is 3.15. The van der Waals surface area contributed by atoms with Gasteiger partial charge in [-0.2, -0.15) is 13.2 Å². The summed E-state index contributed by atoms with van der Waals surface area (Å²) < 4.78 is 37.5. The van der Waals surface area contributed by atoms with Gasteiger partial charge < -0.3 is 10.4 Å². The van der Waals surface area contributed by atoms with Gasteiger partial charge in [-0.1, -0.05) is 19.8 Å². The van der Waals surface area contributed by atoms with Crippen molar-refractivity contribution >= 4 is 11.9 Å². The van der Waals surface area contributed by atoms with E-state index in [4.69, 9.17) is 5.11 Å². The number of halogens is 3. The maximum Gasteiger partial charge on any atom is 0.433 e. The Kier molecular flexibility index (Phi) is 5.90. The Hall–Kier alpha value is -2.12. The van der Waals surface area contributed by atoms with Crippen molar-refractivity contribution < 1.29 is 27.9 Å². The van der Waals surface area contributed by atoms with Crippen molar-refractivity contribution in [2.75, 3.05) is 0 Å². The summed E-state index contributed by atoms with van der Waals surface area (Å²) >= 11 is 0. The zero-order valence-corrected chi connectivity index (χ0v) is 12.2. The van der Waals surface area contributed by atoms with Crippen LogP contribution >= 0.6 is 0 Å². The summed E-state index contributed by atoms with van der Waals surface area (Å²) in [5, 5.41) is 11.3. The molecule has 2 N–H and O–H groups in total. The van der Waals surface area contributed by atoms with E-state index >= 15 is 0 Å². The molecule has 1 aromatic rings. The highest BCUT2D eigenvalue weighted by Crippen LogP contribution is 2.28. The van der Waals surface area contributed by atoms with Crippen LogP contribution in [-0.2, 0) is 11.0 Å². The van der Waals surface area contributed by atoms with E-state index in [1.165, 1.54) is 6.92 Å². The van der Waals surface area contributed by atoms with Gasteiger partial charge in [-0.05, 0) is 25.5 Å². The Morgan fingerprint density at radius 1 is 1.36 bits per heavy atom. The van der Waals surface area contributed by atoms with E-state index in [1.807, 2.05) is 6.92 Å². The van der Waals surface area contributed by atoms with Crippen molar-refractivity contribution in [3.63, 3.8) is 0 Å². The SMILES string of the molecule is CCCCC(NC(=O)c1ccc(C(F)(F)F)nc1C)C(=O)O. The average molecular weight is 318 g/mol. The van der Waals surface area contributed by atoms with E-state index in [0.717, 1.165) is 12.5 Å². The minimum atomic E-state index is -4.59. The molecular formula is C14H17F3N2O3. The van der Waals surface area contributed by atoms with Crippen molar-refractivity contribution in [1.29, 1.82) is 0 Å². The van der Waals surface area contributed by atoms with Crippen molar-refractivity contribution in [1.82, 2.24) is 10.3 Å². The predicted molar refractivity (Wildman–Crippen MR) is 72.4 cm³/mol. The summed E-state index contributed by atoms with van der Waals surface area (Å²) in [7, 11) is 0. The molecule has 22 heavy (non-hydrogen) atoms. The number of carbonyl (C=O) groups is 2. The van der Waals surface area contributed by atoms with Gasteiger partial charge in [0.1, 0.15) is 11.7 Å². The molecule has 0 bridgehead atoms. The van der Waals surface area contributed by atoms with Gasteiger partial charge in [0.25, 0.3) is 5.91 Å². The first kappa shape index (κ1) is 17.9. The number of nitrogens with one attached hydrogen (secondary N) is 1. The van der Waals surface area contributed by atoms with E-state index in [9.17, 15) is 22.8 Å². The fraction of sp³-hybridized carbons (Fsp3) is 0.500. The van der Waals surface area contributed by atoms with Crippen LogP contribution < -0.4 is 5.32 Å². The number of amides is 1. The van der Waals surface area contributed by atoms with Crippen molar-refractivity contribution in [3.8, 4) is 0 Å². The molecule has 1 unspecified atom stereocenters. The zero-order valence-electron chi connectivity index (χ0n) is 12.2. The maximum atomic E-state index is 12.5. The number of aromatic nitrogens is 1. The lowest BCUT2D eigenvalue weighted by atomic mass is 10.1. The smallest absolute Gasteiger partial charge is 0.433 e. The second-order valence-corrected chi connectivity index (χ2v) is 4.83. The van der Waals surface area contributed by atoms with Crippen LogP contribution in [0.4, 0.5) is 13.2 Å². The number of nitrogens with zero attached hydrogens (tertiary/aromatic N) is 1. The van der Waals surface area contributed by atoms with Gasteiger partial charge in [0.05, 0.1) is 11.3 Å². The Morgan fingerprint density at radius 2 is 2.00 bits per heavy atom. The first-order valence-electron chi connectivity index (χ1n) is 6.75. The number of hydrogen-bond acceptors (Lipinski definition) is 3. The molecule has 0 radical (unpaired) electrons. The third-order valence-corrected chi connectivity index (χ3v) is 3.07. The molecule has 0 aliphatic heterocycles. The number of carbonyl (C=O) groups excluding carboxylic acids is 1. The molecule has 0 saturated heterocycles. The standard InChI is InChI=1S/C14H17F3N2O3/c1-3-4-5-10(13(21)22)19-12(20)9-6-7-11(14(15,16)17)18-8(9)2/h6-7,10H,3-5H2,1-2H3,(H,19,20)(H,21,22). The third kappa shape index (κ3) is 4.71. The van der Waals surface area contributed by atoms with E-state index < -0.39 is 29.8 Å². The highest BCUT2D eigenvalue weighted by molar-refractivity contribution is 5.97. The molecule has 1 heterocycles. The van der Waals surface area contributed by atoms with E-state index in [-0.39, 0.29) is 17.7 Å². The predicted octanol–water partition coefficient (Wildman–Crippen LogP) is 2.78. The summed E-state index contributed by atoms with van der Waals surface area (Å²) in [6.07, 6.45) is -2.96. The van der Waals surface area contributed by atoms with Crippen molar-refractivity contribution in [2.24, 2.45) is 0 Å². The molecule has 1 atom stereocenters. The molecule has 0 spiro atoms. The number of unbranched alkanes of at least 4 members (excludes halogenated alkanes) is 1. The molecular weight excluding hydrogens is 301 g/mol. The Bertz CT molecular complexity index is 559. The number of pyridine rings is 1. The maximum absolute atomic E-state index is 12.5. The number of rotatable bonds is 6. The van der Waals surface area contributed by atoms with Crippen LogP contribution in [0.3, 0.4) is 0 Å². The van der Waals surface area contributed by atoms with Gasteiger partial charge in [-0.3, -0.25) is 4.79 Å². The topological polar surface area (TPSA) is 79.3 Å². The first-order valence-corrected chi connectivity index (χ1v) is 6.75. The third-order valence-electron chi connectivity index (χ3n) is 3.07. The number of carboxylic acid groups (broad SMARTS) is 1. The molecule has 5 nitrogen and oxygen atoms in total. The normalized spacial score (nSPS) is 12.8. The van der Waals surface area contributed by atoms with Crippen LogP contribution in [0, 0.1) is 6.92 Å². The molecule has 0 aliphatic carbocycles. The second kappa shape index (κ2) is 7.24. The molecule has 0 aromatic carbocycles. The lowest BCUT2D eigenvalue weighted by Crippen LogP contribution is -2.41. The van der Waals surface area contributed by atoms with Crippen LogP contribution in [0.5, 0.6) is 0 Å². The molecule has 0 aliphatic rings. The van der Waals surface area contributed by atoms with Gasteiger partial charge >= 0.3 is 12.1 Å². The van der Waals surface area contributed by atoms with Gasteiger partial charge in [0.15, 0.2) is 0 Å². The molecule has 0 fully saturated rings. The Morgan fingerprint density at radius 3 is 2.45 bits per heavy atom. The Labute approximate surface area is 125 Å². The van der Waals surface area contributed by atoms with Gasteiger partial charge in [-0.25, -0.2) is 9.78 Å². The number of alkyl halides is 3. The average Bonchev–Trinajstić information content (AvgIpc) is 2.41. The molecule has 122 valence electrons. The van der Waals surface area contributed by atoms with Crippen LogP contribution in [-0.4, -0.2) is 28.0 Å². The number of aryl methyl sites for hydroxylation is 1. The van der Waals surface area contributed by atoms with Crippen LogP contribution in [0.15, 0.2) is 12.1 Å². The minimum absolute atomic E-state index is 0.0734.